The number of unbranched alkanes of at least 4 members (excludes halogenated alkanes) is 1. The van der Waals surface area contributed by atoms with Crippen LogP contribution in [0.2, 0.25) is 0 Å². The number of benzene rings is 2. The van der Waals surface area contributed by atoms with E-state index >= 15 is 0 Å². The predicted octanol–water partition coefficient (Wildman–Crippen LogP) is 3.67. The van der Waals surface area contributed by atoms with Crippen molar-refractivity contribution < 1.29 is 27.5 Å². The number of hydrogen-bond donors (Lipinski definition) is 0. The summed E-state index contributed by atoms with van der Waals surface area (Å²) in [6.07, 6.45) is -2.86. The highest BCUT2D eigenvalue weighted by Gasteiger charge is 2.31. The average Bonchev–Trinajstić information content (AvgIpc) is 2.93. The van der Waals surface area contributed by atoms with Crippen molar-refractivity contribution >= 4 is 17.5 Å². The van der Waals surface area contributed by atoms with Gasteiger partial charge in [-0.2, -0.15) is 13.2 Å². The fourth-order valence-corrected chi connectivity index (χ4v) is 4.19. The molecular formula is C24H26F3N3O3. The van der Waals surface area contributed by atoms with Crippen LogP contribution in [-0.4, -0.2) is 67.5 Å². The van der Waals surface area contributed by atoms with E-state index in [9.17, 15) is 22.8 Å². The van der Waals surface area contributed by atoms with E-state index < -0.39 is 11.7 Å². The van der Waals surface area contributed by atoms with Crippen LogP contribution in [0.3, 0.4) is 0 Å². The summed E-state index contributed by atoms with van der Waals surface area (Å²) in [7, 11) is 0. The third-order valence-corrected chi connectivity index (χ3v) is 6.03. The van der Waals surface area contributed by atoms with Gasteiger partial charge >= 0.3 is 6.18 Å². The Labute approximate surface area is 190 Å². The van der Waals surface area contributed by atoms with Gasteiger partial charge in [0, 0.05) is 38.4 Å². The first-order chi connectivity index (χ1) is 15.8. The number of anilines is 1. The highest BCUT2D eigenvalue weighted by Crippen LogP contribution is 2.32. The van der Waals surface area contributed by atoms with E-state index in [0.29, 0.717) is 43.1 Å². The van der Waals surface area contributed by atoms with Crippen molar-refractivity contribution in [1.82, 2.24) is 9.80 Å². The van der Waals surface area contributed by atoms with Crippen molar-refractivity contribution in [3.05, 3.63) is 59.7 Å². The predicted molar refractivity (Wildman–Crippen MR) is 117 cm³/mol. The number of carbonyl (C=O) groups is 2. The molecule has 0 saturated carbocycles. The number of nitrogens with zero attached hydrogens (tertiary/aromatic N) is 3. The zero-order valence-electron chi connectivity index (χ0n) is 18.2. The third kappa shape index (κ3) is 5.47. The lowest BCUT2D eigenvalue weighted by Gasteiger charge is -2.36. The first kappa shape index (κ1) is 23.1. The smallest absolute Gasteiger partial charge is 0.416 e. The van der Waals surface area contributed by atoms with E-state index in [2.05, 4.69) is 4.90 Å². The molecule has 2 heterocycles. The van der Waals surface area contributed by atoms with E-state index in [1.165, 1.54) is 17.0 Å². The topological polar surface area (TPSA) is 53.1 Å². The maximum absolute atomic E-state index is 13.0. The van der Waals surface area contributed by atoms with Crippen molar-refractivity contribution in [2.75, 3.05) is 50.8 Å². The molecule has 1 fully saturated rings. The number of para-hydroxylation sites is 1. The normalized spacial score (nSPS) is 17.5. The Bertz CT molecular complexity index is 1000. The summed E-state index contributed by atoms with van der Waals surface area (Å²) in [4.78, 5) is 30.6. The number of ether oxygens (including phenoxy) is 1. The van der Waals surface area contributed by atoms with E-state index in [1.54, 1.807) is 30.3 Å². The Hall–Kier alpha value is -3.07. The van der Waals surface area contributed by atoms with Crippen molar-refractivity contribution in [3.8, 4) is 5.75 Å². The largest absolute Gasteiger partial charge is 0.483 e. The van der Waals surface area contributed by atoms with Crippen LogP contribution >= 0.6 is 0 Å². The molecule has 2 aromatic rings. The minimum atomic E-state index is -4.35. The van der Waals surface area contributed by atoms with Crippen molar-refractivity contribution in [3.63, 3.8) is 0 Å². The number of fused-ring (bicyclic) bond motifs is 1. The number of halogens is 3. The number of piperazine rings is 1. The Balaban J connectivity index is 1.23. The van der Waals surface area contributed by atoms with Gasteiger partial charge in [0.25, 0.3) is 11.8 Å². The molecule has 1 saturated heterocycles. The van der Waals surface area contributed by atoms with Crippen LogP contribution < -0.4 is 9.64 Å². The molecule has 0 aliphatic carbocycles. The molecule has 4 rings (SSSR count). The molecule has 2 aromatic carbocycles. The van der Waals surface area contributed by atoms with E-state index in [4.69, 9.17) is 4.74 Å². The molecule has 0 atom stereocenters. The number of amides is 2. The number of imide groups is 1. The van der Waals surface area contributed by atoms with Crippen LogP contribution in [0.1, 0.15) is 28.8 Å². The molecule has 176 valence electrons. The summed E-state index contributed by atoms with van der Waals surface area (Å²) in [5.41, 5.74) is 0.354. The molecule has 2 aliphatic heterocycles. The fourth-order valence-electron chi connectivity index (χ4n) is 4.19. The third-order valence-electron chi connectivity index (χ3n) is 6.03. The van der Waals surface area contributed by atoms with E-state index in [1.807, 2.05) is 4.90 Å². The quantitative estimate of drug-likeness (QED) is 0.486. The maximum atomic E-state index is 13.0. The van der Waals surface area contributed by atoms with Crippen LogP contribution in [0.15, 0.2) is 48.5 Å². The van der Waals surface area contributed by atoms with Crippen LogP contribution in [0.4, 0.5) is 18.9 Å². The maximum Gasteiger partial charge on any atom is 0.416 e. The standard InChI is InChI=1S/C24H26F3N3O3/c25-24(26,27)18-6-5-7-19(16-18)29-14-12-28(13-15-29)10-3-4-11-30-22(31)17-33-21-9-2-1-8-20(21)23(30)32/h1-2,5-9,16H,3-4,10-15,17H2. The number of alkyl halides is 3. The lowest BCUT2D eigenvalue weighted by atomic mass is 10.1. The summed E-state index contributed by atoms with van der Waals surface area (Å²) in [5, 5.41) is 0. The average molecular weight is 461 g/mol. The van der Waals surface area contributed by atoms with Crippen LogP contribution in [0, 0.1) is 0 Å². The molecule has 2 aliphatic rings. The van der Waals surface area contributed by atoms with Gasteiger partial charge in [-0.25, -0.2) is 0 Å². The Morgan fingerprint density at radius 2 is 1.61 bits per heavy atom. The zero-order chi connectivity index (χ0) is 23.4. The summed E-state index contributed by atoms with van der Waals surface area (Å²) in [5.74, 6) is -0.245. The van der Waals surface area contributed by atoms with Crippen molar-refractivity contribution in [2.45, 2.75) is 19.0 Å². The first-order valence-corrected chi connectivity index (χ1v) is 11.0. The zero-order valence-corrected chi connectivity index (χ0v) is 18.2. The molecule has 0 radical (unpaired) electrons. The van der Waals surface area contributed by atoms with Gasteiger partial charge in [-0.3, -0.25) is 19.4 Å². The van der Waals surface area contributed by atoms with Gasteiger partial charge in [-0.15, -0.1) is 0 Å². The minimum Gasteiger partial charge on any atom is -0.483 e. The summed E-state index contributed by atoms with van der Waals surface area (Å²) in [6.45, 7) is 3.79. The molecule has 0 bridgehead atoms. The molecule has 0 unspecified atom stereocenters. The monoisotopic (exact) mass is 461 g/mol. The number of hydrogen-bond acceptors (Lipinski definition) is 5. The van der Waals surface area contributed by atoms with Crippen molar-refractivity contribution in [2.24, 2.45) is 0 Å². The van der Waals surface area contributed by atoms with Crippen LogP contribution in [0.5, 0.6) is 5.75 Å². The van der Waals surface area contributed by atoms with Gasteiger partial charge in [-0.05, 0) is 49.7 Å². The Kier molecular flexibility index (Phi) is 6.88. The molecule has 0 N–H and O–H groups in total. The van der Waals surface area contributed by atoms with E-state index in [0.717, 1.165) is 32.1 Å². The molecule has 9 heteroatoms. The second-order valence-electron chi connectivity index (χ2n) is 8.22. The number of carbonyl (C=O) groups excluding carboxylic acids is 2. The van der Waals surface area contributed by atoms with Crippen LogP contribution in [-0.2, 0) is 11.0 Å². The lowest BCUT2D eigenvalue weighted by Crippen LogP contribution is -2.46. The van der Waals surface area contributed by atoms with Gasteiger partial charge in [0.15, 0.2) is 6.61 Å². The molecule has 2 amide bonds. The van der Waals surface area contributed by atoms with Gasteiger partial charge in [0.05, 0.1) is 11.1 Å². The molecule has 0 spiro atoms. The molecule has 33 heavy (non-hydrogen) atoms. The highest BCUT2D eigenvalue weighted by atomic mass is 19.4. The second-order valence-corrected chi connectivity index (χ2v) is 8.22. The second kappa shape index (κ2) is 9.82. The van der Waals surface area contributed by atoms with Crippen LogP contribution in [0.25, 0.3) is 0 Å². The SMILES string of the molecule is O=C1COc2ccccc2C(=O)N1CCCCN1CCN(c2cccc(C(F)(F)F)c2)CC1. The Morgan fingerprint density at radius 3 is 2.36 bits per heavy atom. The first-order valence-electron chi connectivity index (χ1n) is 11.0. The highest BCUT2D eigenvalue weighted by molar-refractivity contribution is 6.07. The molecular weight excluding hydrogens is 435 g/mol. The lowest BCUT2D eigenvalue weighted by molar-refractivity contribution is -0.137. The Morgan fingerprint density at radius 1 is 0.879 bits per heavy atom. The van der Waals surface area contributed by atoms with Gasteiger partial charge < -0.3 is 9.64 Å². The van der Waals surface area contributed by atoms with Crippen molar-refractivity contribution in [1.29, 1.82) is 0 Å². The summed E-state index contributed by atoms with van der Waals surface area (Å²) < 4.78 is 44.4. The summed E-state index contributed by atoms with van der Waals surface area (Å²) >= 11 is 0. The number of rotatable bonds is 6. The van der Waals surface area contributed by atoms with Gasteiger partial charge in [0.1, 0.15) is 5.75 Å². The minimum absolute atomic E-state index is 0.153. The molecule has 0 aromatic heterocycles. The fraction of sp³-hybridized carbons (Fsp3) is 0.417. The van der Waals surface area contributed by atoms with Gasteiger partial charge in [-0.1, -0.05) is 18.2 Å². The summed E-state index contributed by atoms with van der Waals surface area (Å²) in [6, 6.07) is 12.3. The van der Waals surface area contributed by atoms with Gasteiger partial charge in [0.2, 0.25) is 0 Å². The van der Waals surface area contributed by atoms with E-state index in [-0.39, 0.29) is 18.4 Å². The molecule has 6 nitrogen and oxygen atoms in total.